The van der Waals surface area contributed by atoms with Crippen LogP contribution in [0.3, 0.4) is 0 Å². The number of halogens is 3. The molecule has 0 amide bonds. The van der Waals surface area contributed by atoms with Gasteiger partial charge in [-0.3, -0.25) is 4.18 Å². The highest BCUT2D eigenvalue weighted by Crippen LogP contribution is 2.48. The van der Waals surface area contributed by atoms with E-state index in [2.05, 4.69) is 0 Å². The lowest BCUT2D eigenvalue weighted by atomic mass is 9.81. The largest absolute Gasteiger partial charge is 0.267 e. The van der Waals surface area contributed by atoms with Gasteiger partial charge in [0.05, 0.1) is 17.3 Å². The maximum atomic E-state index is 14.7. The summed E-state index contributed by atoms with van der Waals surface area (Å²) in [7, 11) is -7.90. The second kappa shape index (κ2) is 7.94. The van der Waals surface area contributed by atoms with Gasteiger partial charge in [0.1, 0.15) is 16.4 Å². The van der Waals surface area contributed by atoms with Crippen molar-refractivity contribution < 1.29 is 29.8 Å². The first kappa shape index (κ1) is 22.1. The quantitative estimate of drug-likeness (QED) is 0.619. The SMILES string of the molecule is CS(=O)(=O)OC1CCC(c2cc(F)ccc2F)(S(=O)(=O)c2ccc(Cl)cc2)CC1. The molecule has 158 valence electrons. The van der Waals surface area contributed by atoms with Gasteiger partial charge in [0, 0.05) is 10.6 Å². The first-order valence-corrected chi connectivity index (χ1v) is 12.5. The molecule has 0 saturated heterocycles. The Hall–Kier alpha value is -1.55. The van der Waals surface area contributed by atoms with Gasteiger partial charge in [-0.05, 0) is 68.1 Å². The zero-order chi connectivity index (χ0) is 21.4. The summed E-state index contributed by atoms with van der Waals surface area (Å²) in [6.07, 6.45) is 0.0315. The first-order valence-electron chi connectivity index (χ1n) is 8.79. The van der Waals surface area contributed by atoms with Crippen molar-refractivity contribution in [2.24, 2.45) is 0 Å². The molecule has 0 bridgehead atoms. The van der Waals surface area contributed by atoms with Crippen LogP contribution in [0.2, 0.25) is 5.02 Å². The van der Waals surface area contributed by atoms with E-state index in [1.807, 2.05) is 0 Å². The number of hydrogen-bond donors (Lipinski definition) is 0. The Labute approximate surface area is 173 Å². The molecule has 0 heterocycles. The third-order valence-electron chi connectivity index (χ3n) is 5.11. The maximum absolute atomic E-state index is 14.7. The van der Waals surface area contributed by atoms with Crippen LogP contribution in [0.1, 0.15) is 31.2 Å². The molecule has 1 fully saturated rings. The van der Waals surface area contributed by atoms with Crippen molar-refractivity contribution in [2.75, 3.05) is 6.26 Å². The summed E-state index contributed by atoms with van der Waals surface area (Å²) < 4.78 is 81.9. The third-order valence-corrected chi connectivity index (χ3v) is 8.53. The fourth-order valence-electron chi connectivity index (χ4n) is 3.77. The van der Waals surface area contributed by atoms with Crippen LogP contribution < -0.4 is 0 Å². The van der Waals surface area contributed by atoms with E-state index in [0.29, 0.717) is 5.02 Å². The Morgan fingerprint density at radius 3 is 2.14 bits per heavy atom. The van der Waals surface area contributed by atoms with Crippen LogP contribution in [0.5, 0.6) is 0 Å². The standard InChI is InChI=1S/C19H19ClF2O5S2/c1-28(23,24)27-15-8-10-19(11-9-15,17-12-14(21)4-7-18(17)22)29(25,26)16-5-2-13(20)3-6-16/h2-7,12,15H,8-11H2,1H3. The van der Waals surface area contributed by atoms with Gasteiger partial charge >= 0.3 is 0 Å². The fraction of sp³-hybridized carbons (Fsp3) is 0.368. The van der Waals surface area contributed by atoms with Gasteiger partial charge in [0.15, 0.2) is 9.84 Å². The molecule has 10 heteroatoms. The Bertz CT molecular complexity index is 1110. The molecule has 3 rings (SSSR count). The number of rotatable bonds is 5. The molecule has 0 aliphatic heterocycles. The molecule has 0 N–H and O–H groups in total. The predicted molar refractivity (Wildman–Crippen MR) is 105 cm³/mol. The minimum absolute atomic E-state index is 0.0514. The molecule has 29 heavy (non-hydrogen) atoms. The van der Waals surface area contributed by atoms with Gasteiger partial charge in [-0.2, -0.15) is 8.42 Å². The zero-order valence-electron chi connectivity index (χ0n) is 15.4. The summed E-state index contributed by atoms with van der Waals surface area (Å²) in [5.41, 5.74) is -0.273. The van der Waals surface area contributed by atoms with Crippen molar-refractivity contribution in [2.45, 2.75) is 41.4 Å². The number of sulfone groups is 1. The van der Waals surface area contributed by atoms with Gasteiger partial charge in [-0.15, -0.1) is 0 Å². The van der Waals surface area contributed by atoms with Crippen LogP contribution in [-0.2, 0) is 28.9 Å². The molecule has 5 nitrogen and oxygen atoms in total. The Morgan fingerprint density at radius 1 is 1.00 bits per heavy atom. The van der Waals surface area contributed by atoms with Crippen LogP contribution in [0.4, 0.5) is 8.78 Å². The van der Waals surface area contributed by atoms with E-state index in [0.717, 1.165) is 24.5 Å². The van der Waals surface area contributed by atoms with Gasteiger partial charge in [0.2, 0.25) is 0 Å². The average Bonchev–Trinajstić information content (AvgIpc) is 2.63. The molecule has 0 aromatic heterocycles. The molecule has 1 saturated carbocycles. The average molecular weight is 465 g/mol. The highest BCUT2D eigenvalue weighted by molar-refractivity contribution is 7.92. The summed E-state index contributed by atoms with van der Waals surface area (Å²) in [5, 5.41) is 0.334. The Kier molecular flexibility index (Phi) is 6.06. The van der Waals surface area contributed by atoms with Gasteiger partial charge in [0.25, 0.3) is 10.1 Å². The lowest BCUT2D eigenvalue weighted by Crippen LogP contribution is -2.42. The fourth-order valence-corrected chi connectivity index (χ4v) is 6.75. The molecule has 0 spiro atoms. The highest BCUT2D eigenvalue weighted by Gasteiger charge is 2.50. The van der Waals surface area contributed by atoms with Crippen LogP contribution in [0.25, 0.3) is 0 Å². The second-order valence-corrected chi connectivity index (χ2v) is 11.4. The van der Waals surface area contributed by atoms with Crippen LogP contribution in [-0.4, -0.2) is 29.2 Å². The molecule has 0 atom stereocenters. The molecular weight excluding hydrogens is 446 g/mol. The van der Waals surface area contributed by atoms with Crippen LogP contribution in [0, 0.1) is 11.6 Å². The van der Waals surface area contributed by atoms with Gasteiger partial charge in [-0.1, -0.05) is 11.6 Å². The topological polar surface area (TPSA) is 77.5 Å². The minimum atomic E-state index is -4.17. The number of benzene rings is 2. The lowest BCUT2D eigenvalue weighted by molar-refractivity contribution is 0.144. The van der Waals surface area contributed by atoms with E-state index in [1.54, 1.807) is 0 Å². The highest BCUT2D eigenvalue weighted by atomic mass is 35.5. The molecule has 2 aromatic rings. The molecule has 0 unspecified atom stereocenters. The summed E-state index contributed by atoms with van der Waals surface area (Å²) in [6, 6.07) is 8.14. The molecule has 2 aromatic carbocycles. The van der Waals surface area contributed by atoms with Crippen molar-refractivity contribution in [3.63, 3.8) is 0 Å². The van der Waals surface area contributed by atoms with E-state index in [4.69, 9.17) is 15.8 Å². The maximum Gasteiger partial charge on any atom is 0.264 e. The van der Waals surface area contributed by atoms with Crippen LogP contribution in [0.15, 0.2) is 47.4 Å². The predicted octanol–water partition coefficient (Wildman–Crippen LogP) is 4.21. The summed E-state index contributed by atoms with van der Waals surface area (Å²) in [5.74, 6) is -1.60. The first-order chi connectivity index (χ1) is 13.4. The smallest absolute Gasteiger partial charge is 0.264 e. The van der Waals surface area contributed by atoms with Crippen molar-refractivity contribution >= 4 is 31.6 Å². The van der Waals surface area contributed by atoms with Crippen molar-refractivity contribution in [1.82, 2.24) is 0 Å². The summed E-state index contributed by atoms with van der Waals surface area (Å²) in [6.45, 7) is 0. The Morgan fingerprint density at radius 2 is 1.59 bits per heavy atom. The monoisotopic (exact) mass is 464 g/mol. The zero-order valence-corrected chi connectivity index (χ0v) is 17.8. The van der Waals surface area contributed by atoms with Gasteiger partial charge in [-0.25, -0.2) is 17.2 Å². The molecule has 1 aliphatic carbocycles. The third kappa shape index (κ3) is 4.47. The van der Waals surface area contributed by atoms with E-state index >= 15 is 0 Å². The minimum Gasteiger partial charge on any atom is -0.267 e. The summed E-state index contributed by atoms with van der Waals surface area (Å²) >= 11 is 5.85. The van der Waals surface area contributed by atoms with Crippen molar-refractivity contribution in [3.05, 3.63) is 64.7 Å². The molecular formula is C19H19ClF2O5S2. The van der Waals surface area contributed by atoms with Crippen LogP contribution >= 0.6 is 11.6 Å². The summed E-state index contributed by atoms with van der Waals surface area (Å²) in [4.78, 5) is -0.0759. The van der Waals surface area contributed by atoms with E-state index in [-0.39, 0.29) is 36.1 Å². The van der Waals surface area contributed by atoms with Gasteiger partial charge < -0.3 is 0 Å². The Balaban J connectivity index is 2.11. The molecule has 1 aliphatic rings. The van der Waals surface area contributed by atoms with E-state index in [1.165, 1.54) is 24.3 Å². The molecule has 0 radical (unpaired) electrons. The number of hydrogen-bond acceptors (Lipinski definition) is 5. The van der Waals surface area contributed by atoms with Crippen molar-refractivity contribution in [3.8, 4) is 0 Å². The second-order valence-electron chi connectivity index (χ2n) is 7.08. The van der Waals surface area contributed by atoms with Crippen molar-refractivity contribution in [1.29, 1.82) is 0 Å². The normalized spacial score (nSPS) is 23.1. The lowest BCUT2D eigenvalue weighted by Gasteiger charge is -2.39. The van der Waals surface area contributed by atoms with E-state index < -0.39 is 42.4 Å². The van der Waals surface area contributed by atoms with E-state index in [9.17, 15) is 25.6 Å².